The predicted molar refractivity (Wildman–Crippen MR) is 82.2 cm³/mol. The standard InChI is InChI=1S/C17H19N3O2/c1-11-8-9-18-17(19-11)16(13-4-5-13)20-15(22)10-12-2-6-14(21)7-3-12/h2-3,6-9,13,16,21H,4-5,10H2,1H3,(H,20,22). The molecular weight excluding hydrogens is 278 g/mol. The van der Waals surface area contributed by atoms with Crippen LogP contribution in [0.25, 0.3) is 0 Å². The summed E-state index contributed by atoms with van der Waals surface area (Å²) in [5.74, 6) is 1.29. The van der Waals surface area contributed by atoms with Gasteiger partial charge in [-0.25, -0.2) is 9.97 Å². The molecule has 0 bridgehead atoms. The summed E-state index contributed by atoms with van der Waals surface area (Å²) in [6.45, 7) is 1.92. The van der Waals surface area contributed by atoms with Crippen molar-refractivity contribution in [2.45, 2.75) is 32.2 Å². The van der Waals surface area contributed by atoms with Crippen molar-refractivity contribution in [1.29, 1.82) is 0 Å². The number of rotatable bonds is 5. The highest BCUT2D eigenvalue weighted by Crippen LogP contribution is 2.39. The van der Waals surface area contributed by atoms with Gasteiger partial charge in [0.1, 0.15) is 5.75 Å². The Balaban J connectivity index is 1.68. The van der Waals surface area contributed by atoms with E-state index in [9.17, 15) is 9.90 Å². The van der Waals surface area contributed by atoms with Crippen molar-refractivity contribution in [3.05, 3.63) is 53.6 Å². The van der Waals surface area contributed by atoms with Crippen LogP contribution in [0.4, 0.5) is 0 Å². The number of aromatic hydroxyl groups is 1. The van der Waals surface area contributed by atoms with Crippen LogP contribution in [0.1, 0.15) is 36.0 Å². The van der Waals surface area contributed by atoms with E-state index in [1.807, 2.05) is 13.0 Å². The fraction of sp³-hybridized carbons (Fsp3) is 0.353. The maximum atomic E-state index is 12.3. The summed E-state index contributed by atoms with van der Waals surface area (Å²) in [6, 6.07) is 8.43. The van der Waals surface area contributed by atoms with Gasteiger partial charge in [0.15, 0.2) is 5.82 Å². The van der Waals surface area contributed by atoms with Crippen LogP contribution in [0.2, 0.25) is 0 Å². The highest BCUT2D eigenvalue weighted by molar-refractivity contribution is 5.79. The zero-order valence-electron chi connectivity index (χ0n) is 12.5. The third-order valence-electron chi connectivity index (χ3n) is 3.80. The number of carbonyl (C=O) groups is 1. The highest BCUT2D eigenvalue weighted by atomic mass is 16.3. The van der Waals surface area contributed by atoms with Gasteiger partial charge in [-0.1, -0.05) is 12.1 Å². The first-order valence-corrected chi connectivity index (χ1v) is 7.48. The molecule has 1 aliphatic carbocycles. The number of aryl methyl sites for hydroxylation is 1. The largest absolute Gasteiger partial charge is 0.508 e. The van der Waals surface area contributed by atoms with Gasteiger partial charge in [0.2, 0.25) is 5.91 Å². The third kappa shape index (κ3) is 3.61. The van der Waals surface area contributed by atoms with Crippen LogP contribution in [0.15, 0.2) is 36.5 Å². The van der Waals surface area contributed by atoms with Crippen LogP contribution < -0.4 is 5.32 Å². The number of hydrogen-bond acceptors (Lipinski definition) is 4. The summed E-state index contributed by atoms with van der Waals surface area (Å²) >= 11 is 0. The van der Waals surface area contributed by atoms with E-state index in [4.69, 9.17) is 0 Å². The molecule has 22 heavy (non-hydrogen) atoms. The normalized spacial score (nSPS) is 15.3. The van der Waals surface area contributed by atoms with Crippen LogP contribution in [0, 0.1) is 12.8 Å². The number of hydrogen-bond donors (Lipinski definition) is 2. The van der Waals surface area contributed by atoms with Crippen LogP contribution in [0.5, 0.6) is 5.75 Å². The van der Waals surface area contributed by atoms with E-state index in [0.717, 1.165) is 24.1 Å². The van der Waals surface area contributed by atoms with Crippen molar-refractivity contribution >= 4 is 5.91 Å². The molecule has 1 atom stereocenters. The number of nitrogens with one attached hydrogen (secondary N) is 1. The monoisotopic (exact) mass is 297 g/mol. The number of phenols is 1. The zero-order chi connectivity index (χ0) is 15.5. The molecule has 1 aromatic carbocycles. The lowest BCUT2D eigenvalue weighted by Gasteiger charge is -2.17. The Kier molecular flexibility index (Phi) is 4.04. The second kappa shape index (κ2) is 6.13. The topological polar surface area (TPSA) is 75.1 Å². The fourth-order valence-corrected chi connectivity index (χ4v) is 2.46. The van der Waals surface area contributed by atoms with Gasteiger partial charge in [0.25, 0.3) is 0 Å². The molecule has 3 rings (SSSR count). The summed E-state index contributed by atoms with van der Waals surface area (Å²) in [6.07, 6.45) is 4.22. The number of nitrogens with zero attached hydrogens (tertiary/aromatic N) is 2. The summed E-state index contributed by atoms with van der Waals surface area (Å²) in [7, 11) is 0. The van der Waals surface area contributed by atoms with Gasteiger partial charge >= 0.3 is 0 Å². The minimum atomic E-state index is -0.107. The Morgan fingerprint density at radius 3 is 2.68 bits per heavy atom. The molecular formula is C17H19N3O2. The van der Waals surface area contributed by atoms with E-state index in [1.54, 1.807) is 30.5 Å². The third-order valence-corrected chi connectivity index (χ3v) is 3.80. The summed E-state index contributed by atoms with van der Waals surface area (Å²) in [5, 5.41) is 12.3. The lowest BCUT2D eigenvalue weighted by atomic mass is 10.1. The van der Waals surface area contributed by atoms with E-state index in [1.165, 1.54) is 0 Å². The lowest BCUT2D eigenvalue weighted by molar-refractivity contribution is -0.121. The van der Waals surface area contributed by atoms with Gasteiger partial charge < -0.3 is 10.4 Å². The molecule has 1 amide bonds. The molecule has 2 N–H and O–H groups in total. The Morgan fingerprint density at radius 2 is 2.05 bits per heavy atom. The molecule has 1 saturated carbocycles. The van der Waals surface area contributed by atoms with Crippen LogP contribution in [-0.4, -0.2) is 21.0 Å². The molecule has 5 nitrogen and oxygen atoms in total. The van der Waals surface area contributed by atoms with Crippen LogP contribution >= 0.6 is 0 Å². The quantitative estimate of drug-likeness (QED) is 0.888. The molecule has 1 aromatic heterocycles. The average molecular weight is 297 g/mol. The van der Waals surface area contributed by atoms with Crippen molar-refractivity contribution in [2.75, 3.05) is 0 Å². The van der Waals surface area contributed by atoms with Crippen LogP contribution in [0.3, 0.4) is 0 Å². The van der Waals surface area contributed by atoms with Crippen LogP contribution in [-0.2, 0) is 11.2 Å². The predicted octanol–water partition coefficient (Wildman–Crippen LogP) is 2.30. The minimum absolute atomic E-state index is 0.0484. The smallest absolute Gasteiger partial charge is 0.225 e. The first-order valence-electron chi connectivity index (χ1n) is 7.48. The molecule has 1 heterocycles. The van der Waals surface area contributed by atoms with E-state index in [0.29, 0.717) is 11.7 Å². The summed E-state index contributed by atoms with van der Waals surface area (Å²) in [5.41, 5.74) is 1.78. The first-order chi connectivity index (χ1) is 10.6. The fourth-order valence-electron chi connectivity index (χ4n) is 2.46. The maximum absolute atomic E-state index is 12.3. The Morgan fingerprint density at radius 1 is 1.32 bits per heavy atom. The Bertz CT molecular complexity index is 666. The molecule has 0 aliphatic heterocycles. The first kappa shape index (κ1) is 14.5. The van der Waals surface area contributed by atoms with Gasteiger partial charge in [0, 0.05) is 11.9 Å². The molecule has 0 saturated heterocycles. The number of phenolic OH excluding ortho intramolecular Hbond substituents is 1. The molecule has 114 valence electrons. The average Bonchev–Trinajstić information content (AvgIpc) is 3.32. The Hall–Kier alpha value is -2.43. The van der Waals surface area contributed by atoms with E-state index < -0.39 is 0 Å². The SMILES string of the molecule is Cc1ccnc(C(NC(=O)Cc2ccc(O)cc2)C2CC2)n1. The molecule has 1 aliphatic rings. The molecule has 5 heteroatoms. The number of amides is 1. The van der Waals surface area contributed by atoms with Gasteiger partial charge in [-0.2, -0.15) is 0 Å². The van der Waals surface area contributed by atoms with Crippen molar-refractivity contribution < 1.29 is 9.90 Å². The molecule has 0 spiro atoms. The molecule has 1 fully saturated rings. The summed E-state index contributed by atoms with van der Waals surface area (Å²) < 4.78 is 0. The van der Waals surface area contributed by atoms with Crippen molar-refractivity contribution in [3.63, 3.8) is 0 Å². The van der Waals surface area contributed by atoms with E-state index in [-0.39, 0.29) is 24.1 Å². The van der Waals surface area contributed by atoms with E-state index >= 15 is 0 Å². The van der Waals surface area contributed by atoms with Gasteiger partial charge in [-0.05, 0) is 49.4 Å². The Labute approximate surface area is 129 Å². The lowest BCUT2D eigenvalue weighted by Crippen LogP contribution is -2.32. The number of carbonyl (C=O) groups excluding carboxylic acids is 1. The van der Waals surface area contributed by atoms with Crippen molar-refractivity contribution in [3.8, 4) is 5.75 Å². The van der Waals surface area contributed by atoms with Gasteiger partial charge in [-0.15, -0.1) is 0 Å². The second-order valence-electron chi connectivity index (χ2n) is 5.78. The minimum Gasteiger partial charge on any atom is -0.508 e. The molecule has 0 radical (unpaired) electrons. The molecule has 1 unspecified atom stereocenters. The summed E-state index contributed by atoms with van der Waals surface area (Å²) in [4.78, 5) is 21.0. The second-order valence-corrected chi connectivity index (χ2v) is 5.78. The van der Waals surface area contributed by atoms with Gasteiger partial charge in [-0.3, -0.25) is 4.79 Å². The van der Waals surface area contributed by atoms with Gasteiger partial charge in [0.05, 0.1) is 12.5 Å². The number of aromatic nitrogens is 2. The van der Waals surface area contributed by atoms with Crippen molar-refractivity contribution in [1.82, 2.24) is 15.3 Å². The molecule has 2 aromatic rings. The zero-order valence-corrected chi connectivity index (χ0v) is 12.5. The number of benzene rings is 1. The maximum Gasteiger partial charge on any atom is 0.225 e. The van der Waals surface area contributed by atoms with Crippen molar-refractivity contribution in [2.24, 2.45) is 5.92 Å². The highest BCUT2D eigenvalue weighted by Gasteiger charge is 2.35. The van der Waals surface area contributed by atoms with E-state index in [2.05, 4.69) is 15.3 Å².